The van der Waals surface area contributed by atoms with E-state index in [1.54, 1.807) is 0 Å². The van der Waals surface area contributed by atoms with Gasteiger partial charge in [0.25, 0.3) is 0 Å². The van der Waals surface area contributed by atoms with Gasteiger partial charge in [-0.1, -0.05) is 52.6 Å². The van der Waals surface area contributed by atoms with Crippen LogP contribution in [0.15, 0.2) is 0 Å². The molecule has 30 heavy (non-hydrogen) atoms. The molecular weight excluding hydrogens is 508 g/mol. The predicted molar refractivity (Wildman–Crippen MR) is 126 cm³/mol. The highest BCUT2D eigenvalue weighted by molar-refractivity contribution is 9.12. The minimum atomic E-state index is -0.0733. The Morgan fingerprint density at radius 3 is 2.57 bits per heavy atom. The fourth-order valence-corrected chi connectivity index (χ4v) is 12.0. The first-order valence-corrected chi connectivity index (χ1v) is 14.1. The highest BCUT2D eigenvalue weighted by atomic mass is 79.9. The zero-order valence-corrected chi connectivity index (χ0v) is 22.1. The van der Waals surface area contributed by atoms with Crippen LogP contribution in [0.1, 0.15) is 78.6 Å². The van der Waals surface area contributed by atoms with Gasteiger partial charge in [0.2, 0.25) is 0 Å². The molecule has 0 aromatic rings. The van der Waals surface area contributed by atoms with Crippen molar-refractivity contribution in [1.29, 1.82) is 0 Å². The van der Waals surface area contributed by atoms with E-state index < -0.39 is 0 Å². The van der Waals surface area contributed by atoms with Crippen LogP contribution in [0.5, 0.6) is 0 Å². The molecule has 4 saturated carbocycles. The van der Waals surface area contributed by atoms with Gasteiger partial charge in [-0.15, -0.1) is 0 Å². The van der Waals surface area contributed by atoms with Gasteiger partial charge in [-0.25, -0.2) is 0 Å². The van der Waals surface area contributed by atoms with Crippen molar-refractivity contribution in [1.82, 2.24) is 0 Å². The Kier molecular flexibility index (Phi) is 5.51. The molecule has 1 spiro atoms. The third-order valence-corrected chi connectivity index (χ3v) is 14.4. The van der Waals surface area contributed by atoms with Gasteiger partial charge in [-0.3, -0.25) is 4.79 Å². The monoisotopic (exact) mass is 544 g/mol. The normalized spacial score (nSPS) is 54.9. The quantitative estimate of drug-likeness (QED) is 0.298. The number of carbonyl (C=O) groups excluding carboxylic acids is 1. The van der Waals surface area contributed by atoms with Crippen molar-refractivity contribution in [2.75, 3.05) is 7.11 Å². The van der Waals surface area contributed by atoms with E-state index in [0.717, 1.165) is 12.3 Å². The average Bonchev–Trinajstić information content (AvgIpc) is 3.08. The highest BCUT2D eigenvalue weighted by Gasteiger charge is 2.76. The molecule has 170 valence electrons. The second-order valence-electron chi connectivity index (χ2n) is 11.7. The third-order valence-electron chi connectivity index (χ3n) is 10.9. The molecular formula is C25H38Br2O3. The Morgan fingerprint density at radius 1 is 1.10 bits per heavy atom. The van der Waals surface area contributed by atoms with Crippen molar-refractivity contribution >= 4 is 37.8 Å². The molecule has 2 aliphatic heterocycles. The number of fused-ring (bicyclic) bond motifs is 3. The Bertz CT molecular complexity index is 715. The summed E-state index contributed by atoms with van der Waals surface area (Å²) in [5.41, 5.74) is 0.531. The van der Waals surface area contributed by atoms with Crippen LogP contribution in [0.2, 0.25) is 0 Å². The lowest BCUT2D eigenvalue weighted by Crippen LogP contribution is -2.77. The topological polar surface area (TPSA) is 35.5 Å². The number of methoxy groups -OCH3 is 1. The maximum atomic E-state index is 11.8. The van der Waals surface area contributed by atoms with Gasteiger partial charge in [0.1, 0.15) is 0 Å². The highest BCUT2D eigenvalue weighted by Crippen LogP contribution is 2.75. The number of hydrogen-bond donors (Lipinski definition) is 0. The summed E-state index contributed by atoms with van der Waals surface area (Å²) in [7, 11) is 1.50. The maximum Gasteiger partial charge on any atom is 0.305 e. The van der Waals surface area contributed by atoms with E-state index in [9.17, 15) is 4.79 Å². The summed E-state index contributed by atoms with van der Waals surface area (Å²) in [6.07, 6.45) is 11.1. The van der Waals surface area contributed by atoms with Crippen molar-refractivity contribution in [2.24, 2.45) is 40.4 Å². The van der Waals surface area contributed by atoms with E-state index in [-0.39, 0.29) is 17.0 Å². The van der Waals surface area contributed by atoms with E-state index >= 15 is 0 Å². The fraction of sp³-hybridized carbons (Fsp3) is 0.960. The number of ether oxygens (including phenoxy) is 2. The van der Waals surface area contributed by atoms with Crippen LogP contribution in [-0.2, 0) is 14.3 Å². The second-order valence-corrected chi connectivity index (χ2v) is 13.6. The Morgan fingerprint density at radius 2 is 1.83 bits per heavy atom. The molecule has 5 heteroatoms. The Labute approximate surface area is 199 Å². The first-order valence-electron chi connectivity index (χ1n) is 12.2. The molecule has 4 bridgehead atoms. The Hall–Kier alpha value is 0.390. The van der Waals surface area contributed by atoms with E-state index in [4.69, 9.17) is 9.47 Å². The average molecular weight is 546 g/mol. The molecule has 0 radical (unpaired) electrons. The van der Waals surface area contributed by atoms with E-state index in [0.29, 0.717) is 51.3 Å². The SMILES string of the molecule is COC(=O)CC[C@@H](C)[C@H]1CC[C@H]2C3CC[C@@H]4C[C@@H]5CC[C@]4(C)[C@@]3(O5)[C@H](Br)[C@@H](Br)[C@]12C. The zero-order chi connectivity index (χ0) is 21.5. The number of rotatable bonds is 4. The number of hydrogen-bond acceptors (Lipinski definition) is 3. The van der Waals surface area contributed by atoms with Crippen LogP contribution in [0, 0.1) is 40.4 Å². The molecule has 0 amide bonds. The number of halogens is 2. The van der Waals surface area contributed by atoms with E-state index in [1.165, 1.54) is 52.1 Å². The van der Waals surface area contributed by atoms with Gasteiger partial charge in [-0.05, 0) is 86.4 Å². The van der Waals surface area contributed by atoms with Crippen LogP contribution in [-0.4, -0.2) is 34.4 Å². The maximum absolute atomic E-state index is 11.8. The lowest BCUT2D eigenvalue weighted by molar-refractivity contribution is -0.325. The molecule has 2 saturated heterocycles. The van der Waals surface area contributed by atoms with Crippen molar-refractivity contribution in [3.05, 3.63) is 0 Å². The number of esters is 1. The lowest BCUT2D eigenvalue weighted by Gasteiger charge is -2.74. The van der Waals surface area contributed by atoms with Crippen LogP contribution >= 0.6 is 31.9 Å². The fourth-order valence-electron chi connectivity index (χ4n) is 9.40. The van der Waals surface area contributed by atoms with Gasteiger partial charge in [0.15, 0.2) is 0 Å². The number of alkyl halides is 2. The molecule has 11 atom stereocenters. The van der Waals surface area contributed by atoms with Gasteiger partial charge in [0.05, 0.1) is 23.6 Å². The van der Waals surface area contributed by atoms with Crippen LogP contribution < -0.4 is 0 Å². The molecule has 3 nitrogen and oxygen atoms in total. The summed E-state index contributed by atoms with van der Waals surface area (Å²) in [6, 6.07) is 0. The largest absolute Gasteiger partial charge is 0.469 e. The second kappa shape index (κ2) is 7.45. The van der Waals surface area contributed by atoms with Crippen molar-refractivity contribution in [3.63, 3.8) is 0 Å². The van der Waals surface area contributed by atoms with E-state index in [2.05, 4.69) is 52.6 Å². The number of carbonyl (C=O) groups is 1. The lowest BCUT2D eigenvalue weighted by atomic mass is 9.40. The summed E-state index contributed by atoms with van der Waals surface area (Å²) in [5, 5.41) is 0. The van der Waals surface area contributed by atoms with Gasteiger partial charge >= 0.3 is 5.97 Å². The first kappa shape index (κ1) is 22.2. The Balaban J connectivity index is 1.48. The van der Waals surface area contributed by atoms with Crippen molar-refractivity contribution in [3.8, 4) is 0 Å². The van der Waals surface area contributed by atoms with E-state index in [1.807, 2.05) is 0 Å². The molecule has 6 fully saturated rings. The third kappa shape index (κ3) is 2.67. The molecule has 0 aromatic heterocycles. The molecule has 6 rings (SSSR count). The van der Waals surface area contributed by atoms with Crippen LogP contribution in [0.25, 0.3) is 0 Å². The summed E-state index contributed by atoms with van der Waals surface area (Å²) in [4.78, 5) is 12.5. The van der Waals surface area contributed by atoms with Crippen LogP contribution in [0.4, 0.5) is 0 Å². The van der Waals surface area contributed by atoms with Crippen molar-refractivity contribution < 1.29 is 14.3 Å². The minimum Gasteiger partial charge on any atom is -0.469 e. The standard InChI is InChI=1S/C25H38Br2O3/c1-14(5-10-20(28)29-4)17-8-9-18-19-7-6-15-13-16-11-12-23(15,2)25(19,30-16)22(27)21(26)24(17,18)3/h14-19,21-22H,5-13H2,1-4H3/t14-,15-,16+,17-,18+,19?,21-,22-,23+,24-,25+/m1/s1. The summed E-state index contributed by atoms with van der Waals surface area (Å²) in [5.74, 6) is 3.29. The first-order chi connectivity index (χ1) is 14.2. The smallest absolute Gasteiger partial charge is 0.305 e. The molecule has 4 aliphatic carbocycles. The molecule has 0 N–H and O–H groups in total. The molecule has 6 aliphatic rings. The van der Waals surface area contributed by atoms with Gasteiger partial charge in [0, 0.05) is 16.7 Å². The zero-order valence-electron chi connectivity index (χ0n) is 19.0. The van der Waals surface area contributed by atoms with Gasteiger partial charge < -0.3 is 9.47 Å². The summed E-state index contributed by atoms with van der Waals surface area (Å²) in [6.45, 7) is 7.49. The summed E-state index contributed by atoms with van der Waals surface area (Å²) < 4.78 is 12.1. The van der Waals surface area contributed by atoms with Crippen molar-refractivity contribution in [2.45, 2.75) is 99.9 Å². The molecule has 1 unspecified atom stereocenters. The van der Waals surface area contributed by atoms with Gasteiger partial charge in [-0.2, -0.15) is 0 Å². The summed E-state index contributed by atoms with van der Waals surface area (Å²) >= 11 is 8.57. The predicted octanol–water partition coefficient (Wildman–Crippen LogP) is 6.50. The molecule has 0 aromatic carbocycles. The molecule has 2 heterocycles. The van der Waals surface area contributed by atoms with Crippen LogP contribution in [0.3, 0.4) is 0 Å². The minimum absolute atomic E-state index is 0.0143.